The highest BCUT2D eigenvalue weighted by atomic mass is 16.6. The Bertz CT molecular complexity index is 599. The van der Waals surface area contributed by atoms with E-state index in [9.17, 15) is 4.79 Å². The van der Waals surface area contributed by atoms with E-state index in [0.29, 0.717) is 5.84 Å². The van der Waals surface area contributed by atoms with Crippen LogP contribution in [0.1, 0.15) is 26.3 Å². The predicted octanol–water partition coefficient (Wildman–Crippen LogP) is 3.04. The van der Waals surface area contributed by atoms with E-state index < -0.39 is 11.7 Å². The van der Waals surface area contributed by atoms with Crippen molar-refractivity contribution in [1.29, 1.82) is 0 Å². The second-order valence-corrected chi connectivity index (χ2v) is 5.79. The third kappa shape index (κ3) is 2.58. The maximum atomic E-state index is 12.6. The van der Waals surface area contributed by atoms with Gasteiger partial charge in [0, 0.05) is 17.7 Å². The van der Waals surface area contributed by atoms with Crippen LogP contribution in [0.25, 0.3) is 0 Å². The summed E-state index contributed by atoms with van der Waals surface area (Å²) in [5.74, 6) is 0.305. The highest BCUT2D eigenvalue weighted by Crippen LogP contribution is 2.33. The van der Waals surface area contributed by atoms with Crippen molar-refractivity contribution in [3.63, 3.8) is 0 Å². The van der Waals surface area contributed by atoms with Crippen LogP contribution in [0.2, 0.25) is 0 Å². The van der Waals surface area contributed by atoms with Gasteiger partial charge in [0.1, 0.15) is 11.8 Å². The summed E-state index contributed by atoms with van der Waals surface area (Å²) in [4.78, 5) is 12.6. The zero-order chi connectivity index (χ0) is 15.0. The number of para-hydroxylation sites is 1. The summed E-state index contributed by atoms with van der Waals surface area (Å²) in [6, 6.07) is 7.56. The normalized spacial score (nSPS) is 21.7. The number of nitrogens with zero attached hydrogens (tertiary/aromatic N) is 2. The first-order valence-electron chi connectivity index (χ1n) is 6.48. The fourth-order valence-corrected chi connectivity index (χ4v) is 2.04. The first kappa shape index (κ1) is 14.3. The lowest BCUT2D eigenvalue weighted by atomic mass is 10.2. The van der Waals surface area contributed by atoms with Crippen LogP contribution in [-0.2, 0) is 4.74 Å². The van der Waals surface area contributed by atoms with E-state index >= 15 is 0 Å². The molecule has 0 aromatic heterocycles. The zero-order valence-electron chi connectivity index (χ0n) is 12.3. The van der Waals surface area contributed by atoms with E-state index in [0.717, 1.165) is 11.3 Å². The Morgan fingerprint density at radius 2 is 1.95 bits per heavy atom. The minimum Gasteiger partial charge on any atom is -0.412 e. The molecule has 1 heterocycles. The Morgan fingerprint density at radius 3 is 2.45 bits per heavy atom. The summed E-state index contributed by atoms with van der Waals surface area (Å²) in [6.07, 6.45) is 2.80. The molecule has 1 aromatic carbocycles. The molecule has 0 saturated carbocycles. The molecule has 0 spiro atoms. The number of amidine groups is 1. The molecular weight excluding hydrogens is 254 g/mol. The van der Waals surface area contributed by atoms with E-state index in [2.05, 4.69) is 5.10 Å². The highest BCUT2D eigenvalue weighted by molar-refractivity contribution is 5.99. The molecule has 0 radical (unpaired) electrons. The Kier molecular flexibility index (Phi) is 3.39. The maximum absolute atomic E-state index is 12.6. The van der Waals surface area contributed by atoms with Gasteiger partial charge in [0.2, 0.25) is 0 Å². The summed E-state index contributed by atoms with van der Waals surface area (Å²) in [6.45, 7) is 7.40. The molecule has 1 atom stereocenters. The molecule has 2 N–H and O–H groups in total. The van der Waals surface area contributed by atoms with Gasteiger partial charge in [-0.15, -0.1) is 0 Å². The number of amides is 1. The number of rotatable bonds is 1. The van der Waals surface area contributed by atoms with Crippen molar-refractivity contribution in [1.82, 2.24) is 4.59 Å². The number of hydrogen-bond donors (Lipinski definition) is 1. The molecule has 0 saturated heterocycles. The van der Waals surface area contributed by atoms with Gasteiger partial charge in [0.25, 0.3) is 0 Å². The van der Waals surface area contributed by atoms with E-state index in [1.807, 2.05) is 52.0 Å². The second kappa shape index (κ2) is 4.76. The number of quaternary nitrogens is 1. The van der Waals surface area contributed by atoms with Gasteiger partial charge in [-0.3, -0.25) is 0 Å². The molecule has 1 amide bonds. The fraction of sp³-hybridized carbons (Fsp3) is 0.333. The number of ether oxygens (including phenoxy) is 1. The smallest absolute Gasteiger partial charge is 0.412 e. The SMILES string of the molecule is Cc1ccccc1[N@+]1(C(=O)OC(C)(C)C)C=CC(N)=N1. The van der Waals surface area contributed by atoms with Crippen LogP contribution >= 0.6 is 0 Å². The van der Waals surface area contributed by atoms with Gasteiger partial charge in [0.15, 0.2) is 11.5 Å². The van der Waals surface area contributed by atoms with Crippen molar-refractivity contribution in [2.75, 3.05) is 0 Å². The molecule has 2 rings (SSSR count). The van der Waals surface area contributed by atoms with E-state index in [-0.39, 0.29) is 4.59 Å². The number of nitrogens with two attached hydrogens (primary N) is 1. The Morgan fingerprint density at radius 1 is 1.30 bits per heavy atom. The van der Waals surface area contributed by atoms with E-state index in [4.69, 9.17) is 10.5 Å². The molecule has 0 bridgehead atoms. The summed E-state index contributed by atoms with van der Waals surface area (Å²) in [7, 11) is 0. The van der Waals surface area contributed by atoms with Crippen LogP contribution in [0.5, 0.6) is 0 Å². The maximum Gasteiger partial charge on any atom is 0.554 e. The summed E-state index contributed by atoms with van der Waals surface area (Å²) >= 11 is 0. The molecule has 5 nitrogen and oxygen atoms in total. The molecule has 1 aliphatic heterocycles. The van der Waals surface area contributed by atoms with Crippen molar-refractivity contribution >= 4 is 17.6 Å². The van der Waals surface area contributed by atoms with E-state index in [1.165, 1.54) is 0 Å². The fourth-order valence-electron chi connectivity index (χ4n) is 2.04. The van der Waals surface area contributed by atoms with Gasteiger partial charge in [0.05, 0.1) is 0 Å². The molecule has 1 aliphatic rings. The molecule has 106 valence electrons. The van der Waals surface area contributed by atoms with Gasteiger partial charge in [-0.1, -0.05) is 18.2 Å². The monoisotopic (exact) mass is 274 g/mol. The number of hydrogen-bond acceptors (Lipinski definition) is 4. The van der Waals surface area contributed by atoms with Crippen LogP contribution in [-0.4, -0.2) is 17.5 Å². The number of carbonyl (C=O) groups is 1. The second-order valence-electron chi connectivity index (χ2n) is 5.79. The molecular formula is C15H20N3O2+. The first-order valence-corrected chi connectivity index (χ1v) is 6.48. The zero-order valence-corrected chi connectivity index (χ0v) is 12.3. The highest BCUT2D eigenvalue weighted by Gasteiger charge is 2.46. The Hall–Kier alpha value is -2.14. The lowest BCUT2D eigenvalue weighted by molar-refractivity contribution is 0.0350. The molecule has 1 aromatic rings. The van der Waals surface area contributed by atoms with Gasteiger partial charge >= 0.3 is 6.09 Å². The lowest BCUT2D eigenvalue weighted by Gasteiger charge is -2.27. The first-order chi connectivity index (χ1) is 9.24. The third-order valence-electron chi connectivity index (χ3n) is 2.89. The largest absolute Gasteiger partial charge is 0.554 e. The minimum atomic E-state index is -0.592. The summed E-state index contributed by atoms with van der Waals surface area (Å²) < 4.78 is 5.12. The summed E-state index contributed by atoms with van der Waals surface area (Å²) in [5.41, 5.74) is 6.83. The molecule has 5 heteroatoms. The molecule has 0 aliphatic carbocycles. The topological polar surface area (TPSA) is 64.7 Å². The van der Waals surface area contributed by atoms with Crippen molar-refractivity contribution in [3.05, 3.63) is 42.1 Å². The van der Waals surface area contributed by atoms with Gasteiger partial charge < -0.3 is 10.5 Å². The van der Waals surface area contributed by atoms with Gasteiger partial charge in [-0.2, -0.15) is 4.79 Å². The number of benzene rings is 1. The van der Waals surface area contributed by atoms with Crippen LogP contribution < -0.4 is 10.3 Å². The van der Waals surface area contributed by atoms with E-state index in [1.54, 1.807) is 12.3 Å². The lowest BCUT2D eigenvalue weighted by Crippen LogP contribution is -2.47. The Labute approximate surface area is 118 Å². The molecule has 0 fully saturated rings. The summed E-state index contributed by atoms with van der Waals surface area (Å²) in [5, 5.41) is 4.28. The minimum absolute atomic E-state index is 0.305. The number of carbonyl (C=O) groups excluding carboxylic acids is 1. The standard InChI is InChI=1S/C15H20N3O2/c1-11-7-5-6-8-12(11)18(10-9-13(16)17-18)14(19)20-15(2,3)4/h5-10H,1-4H3,(H2,16,17)/q+1/t18-/m0/s1. The van der Waals surface area contributed by atoms with Crippen LogP contribution in [0.4, 0.5) is 10.5 Å². The average Bonchev–Trinajstić information content (AvgIpc) is 2.71. The van der Waals surface area contributed by atoms with Crippen molar-refractivity contribution in [3.8, 4) is 0 Å². The van der Waals surface area contributed by atoms with Crippen LogP contribution in [0.3, 0.4) is 0 Å². The molecule has 20 heavy (non-hydrogen) atoms. The van der Waals surface area contributed by atoms with Crippen molar-refractivity contribution in [2.45, 2.75) is 33.3 Å². The Balaban J connectivity index is 2.52. The van der Waals surface area contributed by atoms with Gasteiger partial charge in [-0.05, 0) is 37.4 Å². The quantitative estimate of drug-likeness (QED) is 0.800. The average molecular weight is 274 g/mol. The van der Waals surface area contributed by atoms with Crippen LogP contribution in [0, 0.1) is 6.92 Å². The number of aryl methyl sites for hydroxylation is 1. The van der Waals surface area contributed by atoms with Gasteiger partial charge in [-0.25, -0.2) is 0 Å². The molecule has 0 unspecified atom stereocenters. The van der Waals surface area contributed by atoms with Crippen molar-refractivity contribution < 1.29 is 9.53 Å². The third-order valence-corrected chi connectivity index (χ3v) is 2.89. The van der Waals surface area contributed by atoms with Crippen molar-refractivity contribution in [2.24, 2.45) is 10.8 Å². The predicted molar refractivity (Wildman–Crippen MR) is 80.0 cm³/mol. The van der Waals surface area contributed by atoms with Crippen LogP contribution in [0.15, 0.2) is 41.6 Å².